The number of phosphoric ester groups is 1. The van der Waals surface area contributed by atoms with Crippen molar-refractivity contribution >= 4 is 19.8 Å². The zero-order chi connectivity index (χ0) is 42.2. The Morgan fingerprint density at radius 2 is 0.965 bits per heavy atom. The number of carbonyl (C=O) groups excluding carboxylic acids is 2. The molecular formula is C44H85O12P. The predicted molar refractivity (Wildman–Crippen MR) is 227 cm³/mol. The third kappa shape index (κ3) is 36.2. The van der Waals surface area contributed by atoms with Gasteiger partial charge in [-0.05, 0) is 38.5 Å². The summed E-state index contributed by atoms with van der Waals surface area (Å²) in [5.41, 5.74) is 0. The molecule has 0 saturated carbocycles. The van der Waals surface area contributed by atoms with Crippen LogP contribution in [0.15, 0.2) is 12.2 Å². The van der Waals surface area contributed by atoms with Gasteiger partial charge in [0.15, 0.2) is 6.10 Å². The van der Waals surface area contributed by atoms with E-state index in [0.717, 1.165) is 64.2 Å². The lowest BCUT2D eigenvalue weighted by Crippen LogP contribution is -2.42. The highest BCUT2D eigenvalue weighted by Gasteiger charge is 2.35. The molecule has 0 aromatic carbocycles. The number of hydrogen-bond acceptors (Lipinski definition) is 11. The van der Waals surface area contributed by atoms with Crippen LogP contribution in [0.2, 0.25) is 0 Å². The lowest BCUT2D eigenvalue weighted by Gasteiger charge is -2.26. The van der Waals surface area contributed by atoms with Gasteiger partial charge < -0.3 is 34.8 Å². The van der Waals surface area contributed by atoms with E-state index in [0.29, 0.717) is 12.8 Å². The quantitative estimate of drug-likeness (QED) is 0.0169. The zero-order valence-electron chi connectivity index (χ0n) is 36.0. The Hall–Kier alpha value is -1.37. The highest BCUT2D eigenvalue weighted by atomic mass is 31.2. The molecule has 0 saturated heterocycles. The van der Waals surface area contributed by atoms with E-state index in [2.05, 4.69) is 26.0 Å². The summed E-state index contributed by atoms with van der Waals surface area (Å²) < 4.78 is 33.3. The number of hydrogen-bond donors (Lipinski definition) is 5. The van der Waals surface area contributed by atoms with E-state index in [4.69, 9.17) is 23.6 Å². The molecule has 5 atom stereocenters. The molecule has 0 fully saturated rings. The fourth-order valence-corrected chi connectivity index (χ4v) is 7.49. The molecule has 13 heteroatoms. The smallest absolute Gasteiger partial charge is 0.462 e. The van der Waals surface area contributed by atoms with Gasteiger partial charge in [-0.3, -0.25) is 18.6 Å². The molecule has 0 radical (unpaired) electrons. The van der Waals surface area contributed by atoms with Crippen LogP contribution in [-0.2, 0) is 32.7 Å². The Morgan fingerprint density at radius 3 is 1.39 bits per heavy atom. The molecule has 0 bridgehead atoms. The Kier molecular flexibility index (Phi) is 39.1. The van der Waals surface area contributed by atoms with E-state index in [1.165, 1.54) is 103 Å². The lowest BCUT2D eigenvalue weighted by molar-refractivity contribution is -0.161. The minimum atomic E-state index is -4.96. The number of phosphoric acid groups is 1. The Labute approximate surface area is 346 Å². The SMILES string of the molecule is CCCCCCC/C=C\CCCCCCCCC(=O)O[C@H](COC(=O)CCCCCCCCCCCCCCCCC)COP(=O)(O)O[C@H](CO)[C@@H](O)[C@H](O)CO. The summed E-state index contributed by atoms with van der Waals surface area (Å²) in [5, 5.41) is 38.2. The van der Waals surface area contributed by atoms with Crippen LogP contribution in [0.25, 0.3) is 0 Å². The van der Waals surface area contributed by atoms with Crippen LogP contribution in [0.5, 0.6) is 0 Å². The first kappa shape index (κ1) is 55.6. The van der Waals surface area contributed by atoms with Crippen molar-refractivity contribution in [2.24, 2.45) is 0 Å². The fourth-order valence-electron chi connectivity index (χ4n) is 6.54. The molecule has 0 heterocycles. The maximum atomic E-state index is 12.7. The first-order valence-electron chi connectivity index (χ1n) is 22.8. The number of aliphatic hydroxyl groups excluding tert-OH is 4. The topological polar surface area (TPSA) is 189 Å². The van der Waals surface area contributed by atoms with Crippen molar-refractivity contribution in [3.05, 3.63) is 12.2 Å². The van der Waals surface area contributed by atoms with Gasteiger partial charge in [0, 0.05) is 12.8 Å². The van der Waals surface area contributed by atoms with E-state index in [9.17, 15) is 34.4 Å². The van der Waals surface area contributed by atoms with Gasteiger partial charge in [0.1, 0.15) is 24.9 Å². The van der Waals surface area contributed by atoms with Crippen molar-refractivity contribution in [1.29, 1.82) is 0 Å². The summed E-state index contributed by atoms with van der Waals surface area (Å²) in [5.74, 6) is -1.04. The Morgan fingerprint density at radius 1 is 0.561 bits per heavy atom. The second kappa shape index (κ2) is 40.1. The third-order valence-electron chi connectivity index (χ3n) is 10.2. The Bertz CT molecular complexity index is 996. The molecule has 0 rings (SSSR count). The number of rotatable bonds is 43. The van der Waals surface area contributed by atoms with Gasteiger partial charge in [0.05, 0.1) is 19.8 Å². The van der Waals surface area contributed by atoms with Crippen LogP contribution in [0, 0.1) is 0 Å². The fraction of sp³-hybridized carbons (Fsp3) is 0.909. The van der Waals surface area contributed by atoms with E-state index in [1.54, 1.807) is 0 Å². The summed E-state index contributed by atoms with van der Waals surface area (Å²) in [7, 11) is -4.96. The number of allylic oxidation sites excluding steroid dienone is 2. The molecule has 0 spiro atoms. The van der Waals surface area contributed by atoms with Crippen LogP contribution in [0.1, 0.15) is 206 Å². The molecule has 0 aliphatic heterocycles. The minimum absolute atomic E-state index is 0.121. The summed E-state index contributed by atoms with van der Waals surface area (Å²) in [6.07, 6.45) is 31.0. The molecular weight excluding hydrogens is 751 g/mol. The van der Waals surface area contributed by atoms with Crippen molar-refractivity contribution in [3.8, 4) is 0 Å². The largest absolute Gasteiger partial charge is 0.472 e. The lowest BCUT2D eigenvalue weighted by atomic mass is 10.0. The van der Waals surface area contributed by atoms with Crippen LogP contribution in [0.3, 0.4) is 0 Å². The summed E-state index contributed by atoms with van der Waals surface area (Å²) in [4.78, 5) is 35.4. The second-order valence-electron chi connectivity index (χ2n) is 15.7. The molecule has 0 aromatic heterocycles. The normalized spacial score (nSPS) is 15.0. The average Bonchev–Trinajstić information content (AvgIpc) is 3.20. The molecule has 5 N–H and O–H groups in total. The highest BCUT2D eigenvalue weighted by Crippen LogP contribution is 2.45. The van der Waals surface area contributed by atoms with Crippen LogP contribution in [-0.4, -0.2) is 88.1 Å². The number of aliphatic hydroxyl groups is 4. The van der Waals surface area contributed by atoms with Gasteiger partial charge >= 0.3 is 19.8 Å². The van der Waals surface area contributed by atoms with Crippen molar-refractivity contribution in [1.82, 2.24) is 0 Å². The third-order valence-corrected chi connectivity index (χ3v) is 11.2. The van der Waals surface area contributed by atoms with E-state index in [-0.39, 0.29) is 12.8 Å². The van der Waals surface area contributed by atoms with E-state index in [1.807, 2.05) is 0 Å². The first-order valence-corrected chi connectivity index (χ1v) is 24.3. The molecule has 0 aliphatic carbocycles. The Balaban J connectivity index is 4.57. The molecule has 57 heavy (non-hydrogen) atoms. The van der Waals surface area contributed by atoms with E-state index < -0.39 is 70.6 Å². The number of unbranched alkanes of at least 4 members (excludes halogenated alkanes) is 25. The van der Waals surface area contributed by atoms with Crippen LogP contribution < -0.4 is 0 Å². The van der Waals surface area contributed by atoms with Crippen molar-refractivity contribution in [2.45, 2.75) is 231 Å². The van der Waals surface area contributed by atoms with Crippen molar-refractivity contribution in [2.75, 3.05) is 26.4 Å². The highest BCUT2D eigenvalue weighted by molar-refractivity contribution is 7.47. The molecule has 0 amide bonds. The van der Waals surface area contributed by atoms with Gasteiger partial charge in [-0.1, -0.05) is 167 Å². The number of carbonyl (C=O) groups is 2. The van der Waals surface area contributed by atoms with Crippen LogP contribution >= 0.6 is 7.82 Å². The van der Waals surface area contributed by atoms with Gasteiger partial charge in [-0.25, -0.2) is 4.57 Å². The van der Waals surface area contributed by atoms with Crippen molar-refractivity contribution in [3.63, 3.8) is 0 Å². The monoisotopic (exact) mass is 837 g/mol. The van der Waals surface area contributed by atoms with Crippen molar-refractivity contribution < 1.29 is 58.0 Å². The minimum Gasteiger partial charge on any atom is -0.462 e. The maximum absolute atomic E-state index is 12.7. The molecule has 0 aromatic rings. The molecule has 1 unspecified atom stereocenters. The zero-order valence-corrected chi connectivity index (χ0v) is 36.9. The van der Waals surface area contributed by atoms with Gasteiger partial charge in [0.2, 0.25) is 0 Å². The first-order chi connectivity index (χ1) is 27.6. The maximum Gasteiger partial charge on any atom is 0.472 e. The predicted octanol–water partition coefficient (Wildman–Crippen LogP) is 9.95. The van der Waals surface area contributed by atoms with E-state index >= 15 is 0 Å². The molecule has 0 aliphatic rings. The van der Waals surface area contributed by atoms with Gasteiger partial charge in [-0.2, -0.15) is 0 Å². The molecule has 12 nitrogen and oxygen atoms in total. The standard InChI is InChI=1S/C44H85O12P/c1-3-5-7-9-11-13-15-17-19-21-23-25-27-29-31-33-42(48)53-37-39(38-54-57(51,52)56-41(36-46)44(50)40(47)35-45)55-43(49)34-32-30-28-26-24-22-20-18-16-14-12-10-8-6-4-2/h16,18,39-41,44-47,50H,3-15,17,19-38H2,1-2H3,(H,51,52)/b18-16-/t39-,40-,41-,44+/m1/s1. The summed E-state index contributed by atoms with van der Waals surface area (Å²) >= 11 is 0. The molecule has 338 valence electrons. The second-order valence-corrected chi connectivity index (χ2v) is 17.1. The van der Waals surface area contributed by atoms with Gasteiger partial charge in [-0.15, -0.1) is 0 Å². The number of esters is 2. The van der Waals surface area contributed by atoms with Crippen LogP contribution in [0.4, 0.5) is 0 Å². The summed E-state index contributed by atoms with van der Waals surface area (Å²) in [6, 6.07) is 0. The average molecular weight is 837 g/mol. The van der Waals surface area contributed by atoms with Gasteiger partial charge in [0.25, 0.3) is 0 Å². The number of ether oxygens (including phenoxy) is 2. The summed E-state index contributed by atoms with van der Waals surface area (Å²) in [6.45, 7) is 1.57.